The van der Waals surface area contributed by atoms with E-state index in [9.17, 15) is 27.2 Å². The first-order valence-electron chi connectivity index (χ1n) is 8.34. The molecule has 0 bridgehead atoms. The molecule has 0 radical (unpaired) electrons. The monoisotopic (exact) mass is 418 g/mol. The molecule has 10 heteroatoms. The van der Waals surface area contributed by atoms with Crippen LogP contribution >= 0.6 is 0 Å². The minimum atomic E-state index is -2.07. The molecular formula is C20H14F4N4O2. The maximum atomic E-state index is 14.6. The number of amides is 2. The zero-order valence-corrected chi connectivity index (χ0v) is 15.1. The van der Waals surface area contributed by atoms with Crippen molar-refractivity contribution < 1.29 is 27.2 Å². The Hall–Kier alpha value is -4.08. The average Bonchev–Trinajstić information content (AvgIpc) is 2.69. The van der Waals surface area contributed by atoms with Crippen LogP contribution in [0.1, 0.15) is 20.7 Å². The lowest BCUT2D eigenvalue weighted by atomic mass is 10.0. The van der Waals surface area contributed by atoms with Gasteiger partial charge in [-0.15, -0.1) is 0 Å². The predicted octanol–water partition coefficient (Wildman–Crippen LogP) is 3.48. The predicted molar refractivity (Wildman–Crippen MR) is 103 cm³/mol. The van der Waals surface area contributed by atoms with Gasteiger partial charge < -0.3 is 17.2 Å². The van der Waals surface area contributed by atoms with Crippen molar-refractivity contribution in [3.63, 3.8) is 0 Å². The van der Waals surface area contributed by atoms with E-state index in [4.69, 9.17) is 17.2 Å². The maximum absolute atomic E-state index is 14.6. The van der Waals surface area contributed by atoms with Crippen LogP contribution in [0.3, 0.4) is 0 Å². The van der Waals surface area contributed by atoms with Gasteiger partial charge in [0, 0.05) is 22.7 Å². The first-order valence-corrected chi connectivity index (χ1v) is 8.34. The second kappa shape index (κ2) is 7.74. The van der Waals surface area contributed by atoms with E-state index in [2.05, 4.69) is 0 Å². The number of benzene rings is 3. The summed E-state index contributed by atoms with van der Waals surface area (Å²) in [6.45, 7) is 0. The SMILES string of the molecule is NC(=O)c1c(F)c(F)c(C(=O)N(c2ccc(N)cc2)c2ccc(N)cc2)c(F)c1F. The molecule has 3 rings (SSSR count). The van der Waals surface area contributed by atoms with Gasteiger partial charge >= 0.3 is 0 Å². The molecule has 154 valence electrons. The van der Waals surface area contributed by atoms with E-state index in [-0.39, 0.29) is 11.4 Å². The van der Waals surface area contributed by atoms with Gasteiger partial charge in [0.05, 0.1) is 0 Å². The van der Waals surface area contributed by atoms with Crippen LogP contribution < -0.4 is 22.1 Å². The van der Waals surface area contributed by atoms with Gasteiger partial charge in [-0.1, -0.05) is 0 Å². The fourth-order valence-electron chi connectivity index (χ4n) is 2.78. The Balaban J connectivity index is 2.25. The van der Waals surface area contributed by atoms with Crippen LogP contribution in [0.4, 0.5) is 40.3 Å². The molecule has 3 aromatic rings. The molecule has 0 aliphatic heterocycles. The minimum Gasteiger partial charge on any atom is -0.399 e. The number of nitrogens with zero attached hydrogens (tertiary/aromatic N) is 1. The Kier molecular flexibility index (Phi) is 5.33. The standard InChI is InChI=1S/C20H14F4N4O2/c21-15-13(19(27)29)16(22)18(24)14(17(15)23)20(30)28(11-5-1-9(25)2-6-11)12-7-3-10(26)4-8-12/h1-8H,25-26H2,(H2,27,29). The Morgan fingerprint density at radius 2 is 0.967 bits per heavy atom. The summed E-state index contributed by atoms with van der Waals surface area (Å²) < 4.78 is 57.5. The van der Waals surface area contributed by atoms with Crippen molar-refractivity contribution in [3.8, 4) is 0 Å². The largest absolute Gasteiger partial charge is 0.399 e. The lowest BCUT2D eigenvalue weighted by Gasteiger charge is -2.24. The van der Waals surface area contributed by atoms with E-state index in [1.54, 1.807) is 0 Å². The summed E-state index contributed by atoms with van der Waals surface area (Å²) in [6.07, 6.45) is 0. The number of nitrogen functional groups attached to an aromatic ring is 2. The van der Waals surface area contributed by atoms with Crippen molar-refractivity contribution >= 4 is 34.6 Å². The normalized spacial score (nSPS) is 10.7. The van der Waals surface area contributed by atoms with E-state index in [0.29, 0.717) is 11.4 Å². The number of nitrogens with two attached hydrogens (primary N) is 3. The van der Waals surface area contributed by atoms with Gasteiger partial charge in [0.1, 0.15) is 11.1 Å². The zero-order chi connectivity index (χ0) is 22.2. The van der Waals surface area contributed by atoms with E-state index < -0.39 is 46.2 Å². The van der Waals surface area contributed by atoms with Gasteiger partial charge in [-0.3, -0.25) is 14.5 Å². The molecule has 0 atom stereocenters. The molecule has 0 fully saturated rings. The fourth-order valence-corrected chi connectivity index (χ4v) is 2.78. The van der Waals surface area contributed by atoms with Crippen molar-refractivity contribution in [3.05, 3.63) is 82.9 Å². The average molecular weight is 418 g/mol. The second-order valence-electron chi connectivity index (χ2n) is 6.19. The number of halogens is 4. The molecular weight excluding hydrogens is 404 g/mol. The molecule has 0 aliphatic rings. The number of primary amides is 1. The van der Waals surface area contributed by atoms with Crippen LogP contribution in [0.15, 0.2) is 48.5 Å². The summed E-state index contributed by atoms with van der Waals surface area (Å²) >= 11 is 0. The van der Waals surface area contributed by atoms with Crippen LogP contribution in [-0.4, -0.2) is 11.8 Å². The Labute approximate surface area is 167 Å². The summed E-state index contributed by atoms with van der Waals surface area (Å²) in [6, 6.07) is 11.1. The van der Waals surface area contributed by atoms with E-state index >= 15 is 0 Å². The highest BCUT2D eigenvalue weighted by atomic mass is 19.2. The third kappa shape index (κ3) is 3.50. The summed E-state index contributed by atoms with van der Waals surface area (Å²) in [5.41, 5.74) is 13.7. The van der Waals surface area contributed by atoms with E-state index in [1.807, 2.05) is 0 Å². The molecule has 30 heavy (non-hydrogen) atoms. The van der Waals surface area contributed by atoms with Crippen molar-refractivity contribution in [2.75, 3.05) is 16.4 Å². The highest BCUT2D eigenvalue weighted by Crippen LogP contribution is 2.32. The summed E-state index contributed by atoms with van der Waals surface area (Å²) in [7, 11) is 0. The fraction of sp³-hybridized carbons (Fsp3) is 0. The number of anilines is 4. The minimum absolute atomic E-state index is 0.0950. The molecule has 2 amide bonds. The molecule has 0 saturated carbocycles. The van der Waals surface area contributed by atoms with Crippen LogP contribution in [0.2, 0.25) is 0 Å². The van der Waals surface area contributed by atoms with Gasteiger partial charge in [0.2, 0.25) is 0 Å². The zero-order valence-electron chi connectivity index (χ0n) is 15.1. The number of hydrogen-bond acceptors (Lipinski definition) is 4. The van der Waals surface area contributed by atoms with Crippen molar-refractivity contribution in [2.45, 2.75) is 0 Å². The van der Waals surface area contributed by atoms with Crippen molar-refractivity contribution in [1.82, 2.24) is 0 Å². The summed E-state index contributed by atoms with van der Waals surface area (Å²) in [4.78, 5) is 25.0. The topological polar surface area (TPSA) is 115 Å². The molecule has 6 nitrogen and oxygen atoms in total. The van der Waals surface area contributed by atoms with Gasteiger partial charge in [-0.2, -0.15) is 0 Å². The lowest BCUT2D eigenvalue weighted by molar-refractivity contribution is 0.0970. The Bertz CT molecular complexity index is 1070. The Morgan fingerprint density at radius 3 is 1.30 bits per heavy atom. The van der Waals surface area contributed by atoms with Gasteiger partial charge in [-0.05, 0) is 48.5 Å². The van der Waals surface area contributed by atoms with Crippen LogP contribution in [0.5, 0.6) is 0 Å². The first kappa shape index (κ1) is 20.6. The number of carbonyl (C=O) groups excluding carboxylic acids is 2. The van der Waals surface area contributed by atoms with Gasteiger partial charge in [0.25, 0.3) is 11.8 Å². The smallest absolute Gasteiger partial charge is 0.269 e. The Morgan fingerprint density at radius 1 is 0.633 bits per heavy atom. The van der Waals surface area contributed by atoms with Crippen LogP contribution in [-0.2, 0) is 0 Å². The molecule has 0 heterocycles. The van der Waals surface area contributed by atoms with Gasteiger partial charge in [-0.25, -0.2) is 17.6 Å². The second-order valence-corrected chi connectivity index (χ2v) is 6.19. The van der Waals surface area contributed by atoms with E-state index in [0.717, 1.165) is 4.90 Å². The third-order valence-electron chi connectivity index (χ3n) is 4.23. The highest BCUT2D eigenvalue weighted by Gasteiger charge is 2.34. The van der Waals surface area contributed by atoms with Crippen LogP contribution in [0, 0.1) is 23.3 Å². The molecule has 0 saturated heterocycles. The maximum Gasteiger partial charge on any atom is 0.269 e. The molecule has 3 aromatic carbocycles. The quantitative estimate of drug-likeness (QED) is 0.342. The van der Waals surface area contributed by atoms with Gasteiger partial charge in [0.15, 0.2) is 23.3 Å². The molecule has 0 aromatic heterocycles. The number of carbonyl (C=O) groups is 2. The van der Waals surface area contributed by atoms with Crippen molar-refractivity contribution in [2.24, 2.45) is 5.73 Å². The molecule has 6 N–H and O–H groups in total. The highest BCUT2D eigenvalue weighted by molar-refractivity contribution is 6.11. The van der Waals surface area contributed by atoms with Crippen molar-refractivity contribution in [1.29, 1.82) is 0 Å². The summed E-state index contributed by atoms with van der Waals surface area (Å²) in [5.74, 6) is -11.4. The lowest BCUT2D eigenvalue weighted by Crippen LogP contribution is -2.30. The first-order chi connectivity index (χ1) is 14.1. The molecule has 0 unspecified atom stereocenters. The third-order valence-corrected chi connectivity index (χ3v) is 4.23. The van der Waals surface area contributed by atoms with E-state index in [1.165, 1.54) is 48.5 Å². The van der Waals surface area contributed by atoms with Crippen LogP contribution in [0.25, 0.3) is 0 Å². The summed E-state index contributed by atoms with van der Waals surface area (Å²) in [5, 5.41) is 0. The molecule has 0 aliphatic carbocycles. The number of hydrogen-bond donors (Lipinski definition) is 3. The molecule has 0 spiro atoms. The number of rotatable bonds is 4.